The number of nitrogens with one attached hydrogen (secondary N) is 2. The van der Waals surface area contributed by atoms with Gasteiger partial charge in [-0.3, -0.25) is 4.79 Å². The molecule has 0 aromatic heterocycles. The Morgan fingerprint density at radius 1 is 1.15 bits per heavy atom. The van der Waals surface area contributed by atoms with E-state index in [-0.39, 0.29) is 23.8 Å². The summed E-state index contributed by atoms with van der Waals surface area (Å²) in [4.78, 5) is 25.0. The van der Waals surface area contributed by atoms with Crippen LogP contribution in [0.2, 0.25) is 0 Å². The van der Waals surface area contributed by atoms with Crippen LogP contribution in [0.25, 0.3) is 5.32 Å². The van der Waals surface area contributed by atoms with Crippen molar-refractivity contribution in [3.05, 3.63) is 94.3 Å². The quantitative estimate of drug-likeness (QED) is 0.381. The molecule has 1 heterocycles. The maximum absolute atomic E-state index is 12.8. The Balaban J connectivity index is 1.58. The highest BCUT2D eigenvalue weighted by atomic mass is 16.5. The van der Waals surface area contributed by atoms with Crippen molar-refractivity contribution >= 4 is 23.8 Å². The van der Waals surface area contributed by atoms with Crippen LogP contribution in [0.3, 0.4) is 0 Å². The van der Waals surface area contributed by atoms with Gasteiger partial charge >= 0.3 is 5.97 Å². The van der Waals surface area contributed by atoms with Gasteiger partial charge in [-0.15, -0.1) is 0 Å². The van der Waals surface area contributed by atoms with Gasteiger partial charge in [-0.25, -0.2) is 9.37 Å². The molecule has 34 heavy (non-hydrogen) atoms. The molecule has 0 saturated carbocycles. The first-order valence-electron chi connectivity index (χ1n) is 11.3. The van der Waals surface area contributed by atoms with E-state index in [2.05, 4.69) is 16.0 Å². The number of aryl methyl sites for hydroxylation is 1. The zero-order valence-corrected chi connectivity index (χ0v) is 20.3. The molecule has 2 aromatic carbocycles. The molecule has 178 valence electrons. The minimum Gasteiger partial charge on any atom is -0.683 e. The van der Waals surface area contributed by atoms with Crippen molar-refractivity contribution in [3.8, 4) is 0 Å². The number of esters is 1. The summed E-state index contributed by atoms with van der Waals surface area (Å²) in [6.45, 7) is 8.12. The summed E-state index contributed by atoms with van der Waals surface area (Å²) in [6, 6.07) is 12.5. The standard InChI is InChI=1S/C27H32N4O3/c1-18(2)17-34-27(33)25-10-9-22(13-19(25)3)26(32)30-23-8-6-7-21(14-23)20(4)28-11-12-29-24-15-31(5)16-24/h6-16,18,20H,17H2,1-5H3,(H2-,28,29,30,32,33). The fourth-order valence-corrected chi connectivity index (χ4v) is 3.33. The molecule has 1 unspecified atom stereocenters. The number of carbonyl (C=O) groups is 2. The first kappa shape index (κ1) is 24.8. The van der Waals surface area contributed by atoms with E-state index in [0.717, 1.165) is 11.3 Å². The predicted molar refractivity (Wildman–Crippen MR) is 135 cm³/mol. The predicted octanol–water partition coefficient (Wildman–Crippen LogP) is 5.12. The van der Waals surface area contributed by atoms with Crippen molar-refractivity contribution in [3.63, 3.8) is 0 Å². The molecule has 0 fully saturated rings. The first-order valence-corrected chi connectivity index (χ1v) is 11.3. The Labute approximate surface area is 201 Å². The van der Waals surface area contributed by atoms with Crippen LogP contribution in [0.15, 0.2) is 66.8 Å². The normalized spacial score (nSPS) is 13.6. The van der Waals surface area contributed by atoms with Crippen molar-refractivity contribution in [1.82, 2.24) is 5.32 Å². The number of carbonyl (C=O) groups excluding carboxylic acids is 2. The van der Waals surface area contributed by atoms with Crippen LogP contribution < -0.4 is 10.6 Å². The molecule has 0 radical (unpaired) electrons. The highest BCUT2D eigenvalue weighted by Crippen LogP contribution is 2.24. The summed E-state index contributed by atoms with van der Waals surface area (Å²) in [5.41, 5.74) is 4.34. The Hall–Kier alpha value is -3.87. The number of hydrogen-bond donors (Lipinski definition) is 2. The van der Waals surface area contributed by atoms with E-state index in [4.69, 9.17) is 4.74 Å². The lowest BCUT2D eigenvalue weighted by Gasteiger charge is -2.26. The third kappa shape index (κ3) is 6.81. The van der Waals surface area contributed by atoms with Crippen LogP contribution in [0.5, 0.6) is 0 Å². The van der Waals surface area contributed by atoms with Crippen LogP contribution in [-0.4, -0.2) is 36.3 Å². The summed E-state index contributed by atoms with van der Waals surface area (Å²) in [5.74, 6) is -0.354. The van der Waals surface area contributed by atoms with Crippen molar-refractivity contribution in [2.75, 3.05) is 19.0 Å². The van der Waals surface area contributed by atoms with Crippen LogP contribution in [0.1, 0.15) is 58.7 Å². The summed E-state index contributed by atoms with van der Waals surface area (Å²) in [5, 5.41) is 10.6. The van der Waals surface area contributed by atoms with E-state index in [9.17, 15) is 9.59 Å². The Bertz CT molecular complexity index is 1150. The Morgan fingerprint density at radius 2 is 1.91 bits per heavy atom. The number of allylic oxidation sites excluding steroid dienone is 1. The average molecular weight is 461 g/mol. The first-order chi connectivity index (χ1) is 16.2. The van der Waals surface area contributed by atoms with Gasteiger partial charge < -0.3 is 20.7 Å². The minimum absolute atomic E-state index is 0.0738. The second-order valence-corrected chi connectivity index (χ2v) is 8.77. The molecular formula is C27H32N4O3. The average Bonchev–Trinajstić information content (AvgIpc) is 2.78. The minimum atomic E-state index is -0.372. The molecule has 7 nitrogen and oxygen atoms in total. The molecule has 1 aliphatic heterocycles. The van der Waals surface area contributed by atoms with Crippen molar-refractivity contribution in [1.29, 1.82) is 0 Å². The molecule has 0 bridgehead atoms. The van der Waals surface area contributed by atoms with E-state index in [0.29, 0.717) is 29.0 Å². The van der Waals surface area contributed by atoms with Crippen LogP contribution in [-0.2, 0) is 4.74 Å². The van der Waals surface area contributed by atoms with E-state index in [1.165, 1.54) is 0 Å². The molecule has 1 amide bonds. The van der Waals surface area contributed by atoms with Gasteiger partial charge in [0.25, 0.3) is 5.91 Å². The third-order valence-corrected chi connectivity index (χ3v) is 5.20. The van der Waals surface area contributed by atoms with Crippen LogP contribution in [0.4, 0.5) is 5.69 Å². The molecule has 1 atom stereocenters. The number of ether oxygens (including phenoxy) is 1. The Kier molecular flexibility index (Phi) is 8.24. The summed E-state index contributed by atoms with van der Waals surface area (Å²) >= 11 is 0. The van der Waals surface area contributed by atoms with Crippen molar-refractivity contribution in [2.24, 2.45) is 5.92 Å². The second kappa shape index (κ2) is 11.3. The van der Waals surface area contributed by atoms with E-state index in [1.807, 2.05) is 69.1 Å². The highest BCUT2D eigenvalue weighted by Gasteiger charge is 2.14. The number of nitrogens with zero attached hydrogens (tertiary/aromatic N) is 2. The Morgan fingerprint density at radius 3 is 2.59 bits per heavy atom. The fraction of sp³-hybridized carbons (Fsp3) is 0.296. The summed E-state index contributed by atoms with van der Waals surface area (Å²) in [7, 11) is 1.97. The number of benzene rings is 2. The molecule has 0 spiro atoms. The summed E-state index contributed by atoms with van der Waals surface area (Å²) < 4.78 is 7.26. The molecule has 0 saturated heterocycles. The topological polar surface area (TPSA) is 84.5 Å². The molecular weight excluding hydrogens is 428 g/mol. The maximum Gasteiger partial charge on any atom is 0.338 e. The molecule has 1 aliphatic rings. The number of amides is 1. The molecule has 7 heteroatoms. The third-order valence-electron chi connectivity index (χ3n) is 5.20. The van der Waals surface area contributed by atoms with Gasteiger partial charge in [0.05, 0.1) is 12.2 Å². The zero-order valence-electron chi connectivity index (χ0n) is 20.3. The number of hydrogen-bond acceptors (Lipinski definition) is 4. The lowest BCUT2D eigenvalue weighted by atomic mass is 10.0. The number of rotatable bonds is 10. The van der Waals surface area contributed by atoms with E-state index >= 15 is 0 Å². The van der Waals surface area contributed by atoms with Crippen molar-refractivity contribution in [2.45, 2.75) is 33.7 Å². The van der Waals surface area contributed by atoms with Gasteiger partial charge in [-0.05, 0) is 54.9 Å². The van der Waals surface area contributed by atoms with E-state index < -0.39 is 0 Å². The SMILES string of the molecule is Cc1cc(C(=O)Nc2cccc(C(C)[N-]C=CNC3=C[N+](C)=C3)c2)ccc1C(=O)OCC(C)C. The van der Waals surface area contributed by atoms with Crippen molar-refractivity contribution < 1.29 is 18.9 Å². The highest BCUT2D eigenvalue weighted by molar-refractivity contribution is 6.05. The van der Waals surface area contributed by atoms with Gasteiger partial charge in [-0.2, -0.15) is 6.20 Å². The van der Waals surface area contributed by atoms with Gasteiger partial charge in [0, 0.05) is 11.3 Å². The van der Waals surface area contributed by atoms with Gasteiger partial charge in [0.15, 0.2) is 18.1 Å². The molecule has 2 N–H and O–H groups in total. The van der Waals surface area contributed by atoms with E-state index in [1.54, 1.807) is 37.5 Å². The lowest BCUT2D eigenvalue weighted by molar-refractivity contribution is -0.429. The van der Waals surface area contributed by atoms with Gasteiger partial charge in [0.2, 0.25) is 0 Å². The molecule has 2 aromatic rings. The fourth-order valence-electron chi connectivity index (χ4n) is 3.33. The van der Waals surface area contributed by atoms with Crippen LogP contribution in [0, 0.1) is 12.8 Å². The zero-order chi connectivity index (χ0) is 24.7. The maximum atomic E-state index is 12.8. The number of anilines is 1. The largest absolute Gasteiger partial charge is 0.683 e. The monoisotopic (exact) mass is 460 g/mol. The van der Waals surface area contributed by atoms with Gasteiger partial charge in [-0.1, -0.05) is 44.5 Å². The second-order valence-electron chi connectivity index (χ2n) is 8.77. The molecule has 3 rings (SSSR count). The lowest BCUT2D eigenvalue weighted by Crippen LogP contribution is -2.21. The molecule has 0 aliphatic carbocycles. The summed E-state index contributed by atoms with van der Waals surface area (Å²) in [6.07, 6.45) is 7.49. The van der Waals surface area contributed by atoms with Crippen LogP contribution >= 0.6 is 0 Å². The van der Waals surface area contributed by atoms with Gasteiger partial charge in [0.1, 0.15) is 7.05 Å². The smallest absolute Gasteiger partial charge is 0.338 e.